The zero-order valence-corrected chi connectivity index (χ0v) is 10.2. The Morgan fingerprint density at radius 2 is 2.10 bits per heavy atom. The van der Waals surface area contributed by atoms with Gasteiger partial charge in [-0.05, 0) is 30.3 Å². The summed E-state index contributed by atoms with van der Waals surface area (Å²) in [5.41, 5.74) is 1.85. The van der Waals surface area contributed by atoms with Crippen LogP contribution in [-0.2, 0) is 0 Å². The van der Waals surface area contributed by atoms with Crippen LogP contribution in [0, 0.1) is 17.1 Å². The van der Waals surface area contributed by atoms with Crippen molar-refractivity contribution >= 4 is 0 Å². The molecule has 0 radical (unpaired) electrons. The first-order chi connectivity index (χ1) is 9.79. The molecule has 0 amide bonds. The third-order valence-corrected chi connectivity index (χ3v) is 2.76. The number of benzene rings is 1. The lowest BCUT2D eigenvalue weighted by atomic mass is 10.1. The number of pyridine rings is 1. The van der Waals surface area contributed by atoms with Gasteiger partial charge in [-0.2, -0.15) is 5.26 Å². The van der Waals surface area contributed by atoms with Crippen molar-refractivity contribution in [2.75, 3.05) is 0 Å². The van der Waals surface area contributed by atoms with Gasteiger partial charge in [-0.15, -0.1) is 5.10 Å². The van der Waals surface area contributed by atoms with Gasteiger partial charge in [0.1, 0.15) is 17.6 Å². The average molecular weight is 265 g/mol. The second-order valence-corrected chi connectivity index (χ2v) is 4.03. The zero-order valence-electron chi connectivity index (χ0n) is 10.2. The van der Waals surface area contributed by atoms with Crippen molar-refractivity contribution in [2.24, 2.45) is 0 Å². The van der Waals surface area contributed by atoms with E-state index in [0.29, 0.717) is 16.9 Å². The van der Waals surface area contributed by atoms with Crippen molar-refractivity contribution in [2.45, 2.75) is 0 Å². The molecule has 5 nitrogen and oxygen atoms in total. The first-order valence-corrected chi connectivity index (χ1v) is 5.82. The molecule has 3 aromatic rings. The van der Waals surface area contributed by atoms with Gasteiger partial charge < -0.3 is 0 Å². The van der Waals surface area contributed by atoms with Gasteiger partial charge >= 0.3 is 0 Å². The van der Waals surface area contributed by atoms with E-state index in [1.54, 1.807) is 36.7 Å². The van der Waals surface area contributed by atoms with Gasteiger partial charge in [0.2, 0.25) is 0 Å². The Balaban J connectivity index is 2.24. The normalized spacial score (nSPS) is 10.2. The van der Waals surface area contributed by atoms with Crippen LogP contribution in [0.15, 0.2) is 48.8 Å². The molecule has 1 aromatic carbocycles. The van der Waals surface area contributed by atoms with Crippen molar-refractivity contribution < 1.29 is 4.39 Å². The molecule has 0 aliphatic rings. The summed E-state index contributed by atoms with van der Waals surface area (Å²) in [4.78, 5) is 4.02. The van der Waals surface area contributed by atoms with Crippen molar-refractivity contribution in [3.63, 3.8) is 0 Å². The fourth-order valence-corrected chi connectivity index (χ4v) is 1.91. The van der Waals surface area contributed by atoms with E-state index in [4.69, 9.17) is 5.26 Å². The van der Waals surface area contributed by atoms with E-state index in [0.717, 1.165) is 0 Å². The minimum Gasteiger partial charge on any atom is -0.264 e. The summed E-state index contributed by atoms with van der Waals surface area (Å²) in [6.07, 6.45) is 3.24. The molecule has 0 saturated carbocycles. The van der Waals surface area contributed by atoms with Crippen molar-refractivity contribution in [3.05, 3.63) is 60.3 Å². The fraction of sp³-hybridized carbons (Fsp3) is 0. The minimum absolute atomic E-state index is 0.169. The third-order valence-electron chi connectivity index (χ3n) is 2.76. The van der Waals surface area contributed by atoms with Gasteiger partial charge in [0.05, 0.1) is 5.69 Å². The summed E-state index contributed by atoms with van der Waals surface area (Å²) in [6.45, 7) is 0. The lowest BCUT2D eigenvalue weighted by molar-refractivity contribution is 0.625. The molecule has 0 fully saturated rings. The van der Waals surface area contributed by atoms with Gasteiger partial charge in [-0.25, -0.2) is 9.07 Å². The molecule has 0 aliphatic heterocycles. The summed E-state index contributed by atoms with van der Waals surface area (Å²) in [7, 11) is 0. The Morgan fingerprint density at radius 3 is 2.80 bits per heavy atom. The molecular weight excluding hydrogens is 257 g/mol. The Morgan fingerprint density at radius 1 is 1.20 bits per heavy atom. The predicted molar refractivity (Wildman–Crippen MR) is 69.3 cm³/mol. The molecule has 20 heavy (non-hydrogen) atoms. The van der Waals surface area contributed by atoms with Crippen molar-refractivity contribution in [3.8, 4) is 23.0 Å². The van der Waals surface area contributed by atoms with Crippen LogP contribution in [0.25, 0.3) is 16.9 Å². The Labute approximate surface area is 113 Å². The Bertz CT molecular complexity index is 789. The number of halogens is 1. The number of nitrogens with zero attached hydrogens (tertiary/aromatic N) is 5. The van der Waals surface area contributed by atoms with Crippen LogP contribution in [0.3, 0.4) is 0 Å². The van der Waals surface area contributed by atoms with E-state index >= 15 is 0 Å². The van der Waals surface area contributed by atoms with Crippen LogP contribution in [0.5, 0.6) is 0 Å². The maximum Gasteiger partial charge on any atom is 0.191 e. The molecule has 0 spiro atoms. The molecule has 2 heterocycles. The second-order valence-electron chi connectivity index (χ2n) is 4.03. The molecule has 0 atom stereocenters. The Hall–Kier alpha value is -3.07. The molecule has 0 N–H and O–H groups in total. The molecule has 2 aromatic heterocycles. The van der Waals surface area contributed by atoms with E-state index in [1.165, 1.54) is 16.8 Å². The SMILES string of the molecule is N#Cc1nnn(-c2cccc(F)c2)c1-c1cccnc1. The maximum absolute atomic E-state index is 13.3. The number of hydrogen-bond acceptors (Lipinski definition) is 4. The van der Waals surface area contributed by atoms with E-state index in [-0.39, 0.29) is 11.5 Å². The van der Waals surface area contributed by atoms with E-state index < -0.39 is 0 Å². The van der Waals surface area contributed by atoms with Gasteiger partial charge in [0.25, 0.3) is 0 Å². The summed E-state index contributed by atoms with van der Waals surface area (Å²) in [5.74, 6) is -0.381. The van der Waals surface area contributed by atoms with Gasteiger partial charge in [0.15, 0.2) is 5.69 Å². The summed E-state index contributed by atoms with van der Waals surface area (Å²) >= 11 is 0. The molecule has 6 heteroatoms. The van der Waals surface area contributed by atoms with Crippen LogP contribution in [0.1, 0.15) is 5.69 Å². The minimum atomic E-state index is -0.381. The highest BCUT2D eigenvalue weighted by Gasteiger charge is 2.16. The number of aromatic nitrogens is 4. The highest BCUT2D eigenvalue weighted by Crippen LogP contribution is 2.24. The molecule has 0 bridgehead atoms. The van der Waals surface area contributed by atoms with E-state index in [9.17, 15) is 4.39 Å². The van der Waals surface area contributed by atoms with Crippen molar-refractivity contribution in [1.29, 1.82) is 5.26 Å². The predicted octanol–water partition coefficient (Wildman–Crippen LogP) is 2.34. The summed E-state index contributed by atoms with van der Waals surface area (Å²) in [5, 5.41) is 16.9. The average Bonchev–Trinajstić information content (AvgIpc) is 2.92. The van der Waals surface area contributed by atoms with Crippen LogP contribution >= 0.6 is 0 Å². The molecule has 0 saturated heterocycles. The lowest BCUT2D eigenvalue weighted by Crippen LogP contribution is -2.00. The zero-order chi connectivity index (χ0) is 13.9. The van der Waals surface area contributed by atoms with Crippen LogP contribution in [0.2, 0.25) is 0 Å². The van der Waals surface area contributed by atoms with Crippen LogP contribution in [-0.4, -0.2) is 20.0 Å². The first-order valence-electron chi connectivity index (χ1n) is 5.82. The molecular formula is C14H8FN5. The lowest BCUT2D eigenvalue weighted by Gasteiger charge is -2.06. The van der Waals surface area contributed by atoms with Gasteiger partial charge in [0, 0.05) is 18.0 Å². The molecule has 3 rings (SSSR count). The van der Waals surface area contributed by atoms with Crippen LogP contribution in [0.4, 0.5) is 4.39 Å². The highest BCUT2D eigenvalue weighted by molar-refractivity contribution is 5.66. The number of hydrogen-bond donors (Lipinski definition) is 0. The largest absolute Gasteiger partial charge is 0.264 e. The molecule has 0 unspecified atom stereocenters. The topological polar surface area (TPSA) is 67.4 Å². The monoisotopic (exact) mass is 265 g/mol. The highest BCUT2D eigenvalue weighted by atomic mass is 19.1. The smallest absolute Gasteiger partial charge is 0.191 e. The fourth-order valence-electron chi connectivity index (χ4n) is 1.91. The first kappa shape index (κ1) is 12.0. The molecule has 0 aliphatic carbocycles. The second kappa shape index (κ2) is 4.90. The van der Waals surface area contributed by atoms with E-state index in [2.05, 4.69) is 15.3 Å². The summed E-state index contributed by atoms with van der Waals surface area (Å²) in [6, 6.07) is 11.5. The third kappa shape index (κ3) is 2.01. The quantitative estimate of drug-likeness (QED) is 0.713. The van der Waals surface area contributed by atoms with Crippen molar-refractivity contribution in [1.82, 2.24) is 20.0 Å². The van der Waals surface area contributed by atoms with Crippen LogP contribution < -0.4 is 0 Å². The maximum atomic E-state index is 13.3. The van der Waals surface area contributed by atoms with Gasteiger partial charge in [-0.3, -0.25) is 4.98 Å². The summed E-state index contributed by atoms with van der Waals surface area (Å²) < 4.78 is 14.8. The Kier molecular flexibility index (Phi) is 2.94. The van der Waals surface area contributed by atoms with Gasteiger partial charge in [-0.1, -0.05) is 11.3 Å². The van der Waals surface area contributed by atoms with E-state index in [1.807, 2.05) is 6.07 Å². The number of nitriles is 1. The number of rotatable bonds is 2. The standard InChI is InChI=1S/C14H8FN5/c15-11-4-1-5-12(7-11)20-14(13(8-16)18-19-20)10-3-2-6-17-9-10/h1-7,9H. The molecule has 96 valence electrons.